The number of rotatable bonds is 5. The van der Waals surface area contributed by atoms with Crippen molar-refractivity contribution in [2.75, 3.05) is 6.54 Å². The van der Waals surface area contributed by atoms with Crippen LogP contribution in [0.25, 0.3) is 5.69 Å². The number of sulfonamides is 1. The number of hydrogen-bond acceptors (Lipinski definition) is 5. The van der Waals surface area contributed by atoms with Crippen molar-refractivity contribution in [3.63, 3.8) is 0 Å². The van der Waals surface area contributed by atoms with E-state index in [0.29, 0.717) is 10.6 Å². The summed E-state index contributed by atoms with van der Waals surface area (Å²) in [6.07, 6.45) is 3.46. The van der Waals surface area contributed by atoms with Gasteiger partial charge in [-0.1, -0.05) is 23.7 Å². The summed E-state index contributed by atoms with van der Waals surface area (Å²) >= 11 is 5.88. The lowest BCUT2D eigenvalue weighted by atomic mass is 10.2. The first kappa shape index (κ1) is 19.2. The van der Waals surface area contributed by atoms with Crippen molar-refractivity contribution < 1.29 is 13.2 Å². The smallest absolute Gasteiger partial charge is 0.263 e. The highest BCUT2D eigenvalue weighted by atomic mass is 35.5. The van der Waals surface area contributed by atoms with Crippen molar-refractivity contribution in [3.8, 4) is 5.69 Å². The van der Waals surface area contributed by atoms with E-state index in [1.54, 1.807) is 47.4 Å². The Kier molecular flexibility index (Phi) is 5.08. The number of hydrogen-bond donors (Lipinski definition) is 2. The first-order chi connectivity index (χ1) is 13.9. The van der Waals surface area contributed by atoms with Gasteiger partial charge in [-0.05, 0) is 36.4 Å². The molecule has 148 valence electrons. The van der Waals surface area contributed by atoms with Crippen molar-refractivity contribution in [1.82, 2.24) is 19.8 Å². The molecule has 1 aliphatic heterocycles. The topological polar surface area (TPSA) is 105 Å². The number of amides is 1. The van der Waals surface area contributed by atoms with E-state index in [-0.39, 0.29) is 29.7 Å². The van der Waals surface area contributed by atoms with E-state index < -0.39 is 10.0 Å². The van der Waals surface area contributed by atoms with E-state index in [9.17, 15) is 13.2 Å². The van der Waals surface area contributed by atoms with Crippen LogP contribution in [-0.2, 0) is 21.4 Å². The van der Waals surface area contributed by atoms with Crippen LogP contribution in [0.15, 0.2) is 70.8 Å². The van der Waals surface area contributed by atoms with Gasteiger partial charge in [-0.3, -0.25) is 14.5 Å². The third kappa shape index (κ3) is 4.15. The molecule has 1 amide bonds. The Morgan fingerprint density at radius 1 is 1.17 bits per heavy atom. The molecule has 0 spiro atoms. The molecule has 4 rings (SSSR count). The summed E-state index contributed by atoms with van der Waals surface area (Å²) in [5, 5.41) is 7.65. The first-order valence-electron chi connectivity index (χ1n) is 8.65. The normalized spacial score (nSPS) is 15.7. The zero-order valence-corrected chi connectivity index (χ0v) is 16.6. The summed E-state index contributed by atoms with van der Waals surface area (Å²) in [7, 11) is -3.62. The predicted molar refractivity (Wildman–Crippen MR) is 109 cm³/mol. The van der Waals surface area contributed by atoms with Gasteiger partial charge in [0.2, 0.25) is 5.91 Å². The van der Waals surface area contributed by atoms with Gasteiger partial charge in [0, 0.05) is 28.9 Å². The highest BCUT2D eigenvalue weighted by Crippen LogP contribution is 2.22. The standard InChI is InChI=1S/C19H16ClN5O3S/c20-14-5-7-15(8-6-14)25-12-13(10-23-25)9-21-18(26)11-22-19-16-3-1-2-4-17(16)29(27,28)24-19/h1-8,10,12H,9,11H2,(H,21,26)(H,22,24). The van der Waals surface area contributed by atoms with Gasteiger partial charge in [0.15, 0.2) is 0 Å². The fourth-order valence-electron chi connectivity index (χ4n) is 2.85. The number of nitrogens with one attached hydrogen (secondary N) is 2. The maximum Gasteiger partial charge on any atom is 0.263 e. The second-order valence-corrected chi connectivity index (χ2v) is 8.40. The Morgan fingerprint density at radius 2 is 1.93 bits per heavy atom. The van der Waals surface area contributed by atoms with Crippen LogP contribution in [0.4, 0.5) is 0 Å². The number of carbonyl (C=O) groups is 1. The van der Waals surface area contributed by atoms with E-state index in [1.165, 1.54) is 6.07 Å². The van der Waals surface area contributed by atoms with Gasteiger partial charge in [0.25, 0.3) is 10.0 Å². The third-order valence-corrected chi connectivity index (χ3v) is 5.91. The summed E-state index contributed by atoms with van der Waals surface area (Å²) in [5.74, 6) is -0.161. The maximum absolute atomic E-state index is 12.1. The van der Waals surface area contributed by atoms with Crippen LogP contribution in [0, 0.1) is 0 Å². The number of fused-ring (bicyclic) bond motifs is 1. The monoisotopic (exact) mass is 429 g/mol. The van der Waals surface area contributed by atoms with Crippen molar-refractivity contribution in [1.29, 1.82) is 0 Å². The van der Waals surface area contributed by atoms with Crippen LogP contribution >= 0.6 is 11.6 Å². The summed E-state index contributed by atoms with van der Waals surface area (Å²) in [6.45, 7) is 0.0805. The molecule has 2 aromatic carbocycles. The molecule has 0 saturated carbocycles. The number of aromatic nitrogens is 2. The second-order valence-electron chi connectivity index (χ2n) is 6.31. The van der Waals surface area contributed by atoms with Crippen molar-refractivity contribution in [2.45, 2.75) is 11.4 Å². The zero-order valence-electron chi connectivity index (χ0n) is 15.0. The van der Waals surface area contributed by atoms with Crippen molar-refractivity contribution in [2.24, 2.45) is 4.99 Å². The van der Waals surface area contributed by atoms with Crippen LogP contribution in [-0.4, -0.2) is 36.5 Å². The number of aliphatic imine (C=N–C) groups is 1. The molecule has 0 atom stereocenters. The fraction of sp³-hybridized carbons (Fsp3) is 0.105. The molecular weight excluding hydrogens is 414 g/mol. The van der Waals surface area contributed by atoms with Gasteiger partial charge < -0.3 is 5.32 Å². The van der Waals surface area contributed by atoms with E-state index in [0.717, 1.165) is 11.3 Å². The van der Waals surface area contributed by atoms with Crippen LogP contribution in [0.1, 0.15) is 11.1 Å². The fourth-order valence-corrected chi connectivity index (χ4v) is 4.22. The molecule has 10 heteroatoms. The molecular formula is C19H16ClN5O3S. The average Bonchev–Trinajstić information content (AvgIpc) is 3.28. The highest BCUT2D eigenvalue weighted by Gasteiger charge is 2.30. The van der Waals surface area contributed by atoms with Crippen molar-refractivity contribution >= 4 is 33.4 Å². The van der Waals surface area contributed by atoms with Gasteiger partial charge in [-0.25, -0.2) is 13.1 Å². The van der Waals surface area contributed by atoms with Crippen molar-refractivity contribution in [3.05, 3.63) is 77.1 Å². The summed E-state index contributed by atoms with van der Waals surface area (Å²) < 4.78 is 28.1. The van der Waals surface area contributed by atoms with E-state index in [2.05, 4.69) is 20.1 Å². The van der Waals surface area contributed by atoms with Gasteiger partial charge >= 0.3 is 0 Å². The summed E-state index contributed by atoms with van der Waals surface area (Å²) in [5.41, 5.74) is 2.13. The molecule has 1 aliphatic rings. The lowest BCUT2D eigenvalue weighted by Crippen LogP contribution is -2.28. The Morgan fingerprint density at radius 3 is 2.72 bits per heavy atom. The lowest BCUT2D eigenvalue weighted by molar-refractivity contribution is -0.119. The van der Waals surface area contributed by atoms with Crippen LogP contribution in [0.5, 0.6) is 0 Å². The molecule has 0 fully saturated rings. The number of benzene rings is 2. The van der Waals surface area contributed by atoms with Gasteiger partial charge in [0.1, 0.15) is 12.4 Å². The lowest BCUT2D eigenvalue weighted by Gasteiger charge is -2.03. The van der Waals surface area contributed by atoms with Crippen LogP contribution < -0.4 is 10.0 Å². The molecule has 0 radical (unpaired) electrons. The quantitative estimate of drug-likeness (QED) is 0.645. The minimum absolute atomic E-state index is 0.161. The number of carbonyl (C=O) groups excluding carboxylic acids is 1. The van der Waals surface area contributed by atoms with Gasteiger partial charge in [-0.15, -0.1) is 0 Å². The average molecular weight is 430 g/mol. The second kappa shape index (κ2) is 7.69. The number of amidine groups is 1. The SMILES string of the molecule is O=C(CN=C1NS(=O)(=O)c2ccccc21)NCc1cnn(-c2ccc(Cl)cc2)c1. The molecule has 29 heavy (non-hydrogen) atoms. The van der Waals surface area contributed by atoms with E-state index >= 15 is 0 Å². The Labute approximate surface area is 172 Å². The summed E-state index contributed by atoms with van der Waals surface area (Å²) in [4.78, 5) is 16.4. The third-order valence-electron chi connectivity index (χ3n) is 4.26. The zero-order chi connectivity index (χ0) is 20.4. The molecule has 2 N–H and O–H groups in total. The number of nitrogens with zero attached hydrogens (tertiary/aromatic N) is 3. The Balaban J connectivity index is 1.37. The molecule has 1 aromatic heterocycles. The highest BCUT2D eigenvalue weighted by molar-refractivity contribution is 7.90. The van der Waals surface area contributed by atoms with E-state index in [1.807, 2.05) is 12.1 Å². The van der Waals surface area contributed by atoms with E-state index in [4.69, 9.17) is 11.6 Å². The maximum atomic E-state index is 12.1. The molecule has 2 heterocycles. The molecule has 0 saturated heterocycles. The molecule has 8 nitrogen and oxygen atoms in total. The van der Waals surface area contributed by atoms with Crippen LogP contribution in [0.2, 0.25) is 5.02 Å². The number of halogens is 1. The Hall–Kier alpha value is -3.17. The van der Waals surface area contributed by atoms with Gasteiger partial charge in [0.05, 0.1) is 16.8 Å². The Bertz CT molecular complexity index is 1200. The largest absolute Gasteiger partial charge is 0.350 e. The molecule has 3 aromatic rings. The predicted octanol–water partition coefficient (Wildman–Crippen LogP) is 1.88. The minimum Gasteiger partial charge on any atom is -0.350 e. The van der Waals surface area contributed by atoms with Gasteiger partial charge in [-0.2, -0.15) is 5.10 Å². The minimum atomic E-state index is -3.62. The summed E-state index contributed by atoms with van der Waals surface area (Å²) in [6, 6.07) is 13.7. The first-order valence-corrected chi connectivity index (χ1v) is 10.5. The van der Waals surface area contributed by atoms with Crippen LogP contribution in [0.3, 0.4) is 0 Å². The molecule has 0 aliphatic carbocycles. The molecule has 0 unspecified atom stereocenters. The molecule has 0 bridgehead atoms.